The van der Waals surface area contributed by atoms with Gasteiger partial charge in [-0.25, -0.2) is 9.78 Å². The minimum absolute atomic E-state index is 0.270. The van der Waals surface area contributed by atoms with E-state index in [0.29, 0.717) is 22.7 Å². The number of hydrogen-bond donors (Lipinski definition) is 1. The average molecular weight is 302 g/mol. The van der Waals surface area contributed by atoms with Crippen LogP contribution in [0.2, 0.25) is 5.02 Å². The fourth-order valence-electron chi connectivity index (χ4n) is 2.28. The summed E-state index contributed by atoms with van der Waals surface area (Å²) >= 11 is 5.95. The van der Waals surface area contributed by atoms with E-state index in [1.807, 2.05) is 16.5 Å². The summed E-state index contributed by atoms with van der Waals surface area (Å²) in [5.74, 6) is -0.946. The molecule has 21 heavy (non-hydrogen) atoms. The van der Waals surface area contributed by atoms with E-state index in [9.17, 15) is 4.79 Å². The first kappa shape index (κ1) is 13.6. The number of carbonyl (C=O) groups is 1. The summed E-state index contributed by atoms with van der Waals surface area (Å²) in [5, 5.41) is 9.79. The van der Waals surface area contributed by atoms with E-state index in [1.165, 1.54) is 12.3 Å². The van der Waals surface area contributed by atoms with Gasteiger partial charge in [-0.15, -0.1) is 0 Å². The number of nitrogens with zero attached hydrogens (tertiary/aromatic N) is 3. The second-order valence-corrected chi connectivity index (χ2v) is 5.22. The second kappa shape index (κ2) is 5.18. The third-order valence-corrected chi connectivity index (χ3v) is 3.60. The van der Waals surface area contributed by atoms with Crippen molar-refractivity contribution in [1.82, 2.24) is 14.4 Å². The normalized spacial score (nSPS) is 11.0. The molecule has 106 valence electrons. The monoisotopic (exact) mass is 301 g/mol. The van der Waals surface area contributed by atoms with Crippen LogP contribution in [0.3, 0.4) is 0 Å². The molecule has 0 saturated heterocycles. The molecule has 0 aliphatic carbocycles. The molecule has 0 fully saturated rings. The lowest BCUT2D eigenvalue weighted by atomic mass is 10.0. The molecule has 0 amide bonds. The van der Waals surface area contributed by atoms with Crippen molar-refractivity contribution in [2.24, 2.45) is 0 Å². The summed E-state index contributed by atoms with van der Waals surface area (Å²) in [7, 11) is 0. The maximum atomic E-state index is 11.1. The van der Waals surface area contributed by atoms with E-state index in [4.69, 9.17) is 16.7 Å². The Bertz CT molecular complexity index is 842. The molecule has 0 bridgehead atoms. The van der Waals surface area contributed by atoms with Crippen molar-refractivity contribution >= 4 is 23.1 Å². The van der Waals surface area contributed by atoms with E-state index in [1.54, 1.807) is 19.4 Å². The lowest BCUT2D eigenvalue weighted by Crippen LogP contribution is -2.06. The zero-order valence-corrected chi connectivity index (χ0v) is 12.0. The van der Waals surface area contributed by atoms with Gasteiger partial charge in [0.1, 0.15) is 0 Å². The highest BCUT2D eigenvalue weighted by molar-refractivity contribution is 6.31. The molecule has 6 heteroatoms. The van der Waals surface area contributed by atoms with Gasteiger partial charge in [0.2, 0.25) is 0 Å². The molecule has 0 saturated carbocycles. The first-order chi connectivity index (χ1) is 10.0. The van der Waals surface area contributed by atoms with Crippen molar-refractivity contribution in [3.8, 4) is 0 Å². The molecule has 0 radical (unpaired) electrons. The fourth-order valence-corrected chi connectivity index (χ4v) is 2.50. The first-order valence-electron chi connectivity index (χ1n) is 6.34. The van der Waals surface area contributed by atoms with Crippen LogP contribution in [-0.2, 0) is 6.42 Å². The highest BCUT2D eigenvalue weighted by atomic mass is 35.5. The van der Waals surface area contributed by atoms with Crippen molar-refractivity contribution in [3.63, 3.8) is 0 Å². The topological polar surface area (TPSA) is 67.5 Å². The average Bonchev–Trinajstić information content (AvgIpc) is 2.80. The summed E-state index contributed by atoms with van der Waals surface area (Å²) in [6.45, 7) is 1.76. The Kier molecular flexibility index (Phi) is 3.35. The molecule has 5 nitrogen and oxygen atoms in total. The molecule has 3 aromatic rings. The molecule has 0 unspecified atom stereocenters. The van der Waals surface area contributed by atoms with Crippen molar-refractivity contribution in [2.45, 2.75) is 13.3 Å². The van der Waals surface area contributed by atoms with Crippen LogP contribution in [0.1, 0.15) is 27.3 Å². The molecule has 0 aliphatic heterocycles. The third kappa shape index (κ3) is 2.60. The predicted octanol–water partition coefficient (Wildman–Crippen LogP) is 2.98. The van der Waals surface area contributed by atoms with E-state index >= 15 is 0 Å². The molecule has 3 heterocycles. The number of halogens is 1. The maximum absolute atomic E-state index is 11.1. The van der Waals surface area contributed by atoms with Crippen LogP contribution >= 0.6 is 11.6 Å². The van der Waals surface area contributed by atoms with Crippen LogP contribution in [-0.4, -0.2) is 25.4 Å². The van der Waals surface area contributed by atoms with Crippen molar-refractivity contribution in [3.05, 3.63) is 64.5 Å². The van der Waals surface area contributed by atoms with Gasteiger partial charge in [0.25, 0.3) is 0 Å². The summed E-state index contributed by atoms with van der Waals surface area (Å²) < 4.78 is 1.83. The molecule has 0 spiro atoms. The Morgan fingerprint density at radius 2 is 2.19 bits per heavy atom. The third-order valence-electron chi connectivity index (χ3n) is 3.40. The van der Waals surface area contributed by atoms with Crippen LogP contribution < -0.4 is 0 Å². The highest BCUT2D eigenvalue weighted by Crippen LogP contribution is 2.18. The number of aromatic carboxylic acids is 1. The summed E-state index contributed by atoms with van der Waals surface area (Å²) in [6, 6.07) is 5.27. The van der Waals surface area contributed by atoms with Crippen molar-refractivity contribution in [1.29, 1.82) is 0 Å². The molecule has 0 aliphatic rings. The highest BCUT2D eigenvalue weighted by Gasteiger charge is 2.12. The fraction of sp³-hybridized carbons (Fsp3) is 0.133. The second-order valence-electron chi connectivity index (χ2n) is 4.78. The van der Waals surface area contributed by atoms with E-state index in [0.717, 1.165) is 11.2 Å². The van der Waals surface area contributed by atoms with E-state index in [-0.39, 0.29) is 5.56 Å². The number of pyridine rings is 1. The Hall–Kier alpha value is -2.40. The van der Waals surface area contributed by atoms with Crippen LogP contribution in [0.15, 0.2) is 36.9 Å². The van der Waals surface area contributed by atoms with Gasteiger partial charge in [0.15, 0.2) is 0 Å². The summed E-state index contributed by atoms with van der Waals surface area (Å²) in [6.07, 6.45) is 5.46. The number of rotatable bonds is 3. The van der Waals surface area contributed by atoms with Gasteiger partial charge in [-0.3, -0.25) is 4.98 Å². The van der Waals surface area contributed by atoms with Crippen molar-refractivity contribution in [2.75, 3.05) is 0 Å². The number of fused-ring (bicyclic) bond motifs is 1. The molecule has 1 N–H and O–H groups in total. The van der Waals surface area contributed by atoms with Gasteiger partial charge in [-0.2, -0.15) is 0 Å². The number of carboxylic acid groups (broad SMARTS) is 1. The van der Waals surface area contributed by atoms with Crippen LogP contribution in [0.4, 0.5) is 0 Å². The van der Waals surface area contributed by atoms with Gasteiger partial charge >= 0.3 is 5.97 Å². The number of carboxylic acids is 1. The molecule has 3 rings (SSSR count). The smallest absolute Gasteiger partial charge is 0.336 e. The van der Waals surface area contributed by atoms with Crippen LogP contribution in [0, 0.1) is 6.92 Å². The largest absolute Gasteiger partial charge is 0.478 e. The molecular weight excluding hydrogens is 290 g/mol. The Labute approximate surface area is 125 Å². The minimum atomic E-state index is -0.946. The zero-order chi connectivity index (χ0) is 15.0. The summed E-state index contributed by atoms with van der Waals surface area (Å²) in [5.41, 5.74) is 3.41. The Morgan fingerprint density at radius 1 is 1.38 bits per heavy atom. The van der Waals surface area contributed by atoms with Crippen molar-refractivity contribution < 1.29 is 9.90 Å². The predicted molar refractivity (Wildman–Crippen MR) is 78.9 cm³/mol. The lowest BCUT2D eigenvalue weighted by Gasteiger charge is -2.07. The SMILES string of the molecule is Cc1c(C(=O)O)ccnc1Cc1cc2cc(Cl)cn2cn1. The molecule has 0 aromatic carbocycles. The standard InChI is InChI=1S/C15H12ClN3O2/c1-9-13(15(20)21)2-3-17-14(9)6-11-5-12-4-10(16)7-19(12)8-18-11/h2-5,7-8H,6H2,1H3,(H,20,21). The van der Waals surface area contributed by atoms with Gasteiger partial charge < -0.3 is 9.51 Å². The van der Waals surface area contributed by atoms with E-state index in [2.05, 4.69) is 9.97 Å². The number of aromatic nitrogens is 3. The summed E-state index contributed by atoms with van der Waals surface area (Å²) in [4.78, 5) is 19.8. The van der Waals surface area contributed by atoms with Gasteiger partial charge in [0, 0.05) is 24.3 Å². The number of hydrogen-bond acceptors (Lipinski definition) is 3. The molecule has 3 aromatic heterocycles. The molecule has 0 atom stereocenters. The van der Waals surface area contributed by atoms with E-state index < -0.39 is 5.97 Å². The van der Waals surface area contributed by atoms with Crippen LogP contribution in [0.5, 0.6) is 0 Å². The minimum Gasteiger partial charge on any atom is -0.478 e. The zero-order valence-electron chi connectivity index (χ0n) is 11.2. The lowest BCUT2D eigenvalue weighted by molar-refractivity contribution is 0.0696. The Morgan fingerprint density at radius 3 is 2.95 bits per heavy atom. The van der Waals surface area contributed by atoms with Crippen LogP contribution in [0.25, 0.3) is 5.52 Å². The Balaban J connectivity index is 1.98. The van der Waals surface area contributed by atoms with Gasteiger partial charge in [0.05, 0.1) is 28.3 Å². The maximum Gasteiger partial charge on any atom is 0.336 e. The first-order valence-corrected chi connectivity index (χ1v) is 6.72. The quantitative estimate of drug-likeness (QED) is 0.807. The van der Waals surface area contributed by atoms with Gasteiger partial charge in [-0.05, 0) is 30.7 Å². The molecular formula is C15H12ClN3O2. The van der Waals surface area contributed by atoms with Gasteiger partial charge in [-0.1, -0.05) is 11.6 Å².